The number of carbonyl (C=O) groups is 1. The number of para-hydroxylation sites is 1. The minimum atomic E-state index is -0.0988. The highest BCUT2D eigenvalue weighted by molar-refractivity contribution is 7.99. The molecule has 31 heavy (non-hydrogen) atoms. The van der Waals surface area contributed by atoms with Gasteiger partial charge in [-0.25, -0.2) is 4.98 Å². The first-order chi connectivity index (χ1) is 15.0. The number of H-pyrrole nitrogens is 1. The molecule has 0 fully saturated rings. The Morgan fingerprint density at radius 3 is 2.71 bits per heavy atom. The Hall–Kier alpha value is -3.10. The maximum Gasteiger partial charge on any atom is 0.230 e. The Morgan fingerprint density at radius 2 is 1.94 bits per heavy atom. The number of carbonyl (C=O) groups excluding carboxylic acids is 1. The number of hydrogen-bond acceptors (Lipinski definition) is 5. The molecule has 0 unspecified atom stereocenters. The summed E-state index contributed by atoms with van der Waals surface area (Å²) in [6, 6.07) is 17.3. The topological polar surface area (TPSA) is 99.4 Å². The quantitative estimate of drug-likeness (QED) is 0.294. The van der Waals surface area contributed by atoms with Gasteiger partial charge in [0.15, 0.2) is 10.8 Å². The number of amides is 1. The summed E-state index contributed by atoms with van der Waals surface area (Å²) in [7, 11) is 0. The van der Waals surface area contributed by atoms with Crippen LogP contribution >= 0.6 is 23.4 Å². The van der Waals surface area contributed by atoms with Crippen molar-refractivity contribution in [2.24, 2.45) is 0 Å². The number of nitrogens with one attached hydrogen (secondary N) is 3. The summed E-state index contributed by atoms with van der Waals surface area (Å²) in [4.78, 5) is 17.0. The highest BCUT2D eigenvalue weighted by Crippen LogP contribution is 2.25. The van der Waals surface area contributed by atoms with Crippen LogP contribution in [0.4, 0.5) is 0 Å². The second-order valence-corrected chi connectivity index (χ2v) is 8.30. The number of rotatable bonds is 7. The molecule has 0 saturated heterocycles. The third kappa shape index (κ3) is 4.65. The summed E-state index contributed by atoms with van der Waals surface area (Å²) in [5.41, 5.74) is 3.22. The van der Waals surface area contributed by atoms with Crippen molar-refractivity contribution in [3.63, 3.8) is 0 Å². The third-order valence-electron chi connectivity index (χ3n) is 4.79. The van der Waals surface area contributed by atoms with Crippen molar-refractivity contribution < 1.29 is 4.79 Å². The molecular formula is C22H21ClN6OS. The summed E-state index contributed by atoms with van der Waals surface area (Å²) in [6.07, 6.45) is 0.768. The molecule has 0 bridgehead atoms. The Balaban J connectivity index is 1.55. The molecule has 2 heterocycles. The van der Waals surface area contributed by atoms with Crippen molar-refractivity contribution in [3.05, 3.63) is 76.4 Å². The fourth-order valence-electron chi connectivity index (χ4n) is 3.25. The SMILES string of the molecule is Cc1[nH]nc2nc(SCC(=O)NCCc3ccccc3)n(-c3ccccc3Cl)c(=N)c12. The van der Waals surface area contributed by atoms with Crippen LogP contribution in [0.3, 0.4) is 0 Å². The van der Waals surface area contributed by atoms with Crippen molar-refractivity contribution >= 4 is 40.3 Å². The van der Waals surface area contributed by atoms with Crippen LogP contribution in [0.15, 0.2) is 59.8 Å². The number of aromatic nitrogens is 4. The van der Waals surface area contributed by atoms with E-state index in [1.807, 2.05) is 55.5 Å². The highest BCUT2D eigenvalue weighted by Gasteiger charge is 2.17. The number of aryl methyl sites for hydroxylation is 1. The van der Waals surface area contributed by atoms with Gasteiger partial charge in [0.1, 0.15) is 5.49 Å². The van der Waals surface area contributed by atoms with E-state index in [-0.39, 0.29) is 17.1 Å². The fraction of sp³-hybridized carbons (Fsp3) is 0.182. The first kappa shape index (κ1) is 21.1. The van der Waals surface area contributed by atoms with Gasteiger partial charge in [-0.05, 0) is 31.0 Å². The Kier molecular flexibility index (Phi) is 6.39. The van der Waals surface area contributed by atoms with Crippen LogP contribution in [0, 0.1) is 12.3 Å². The average molecular weight is 453 g/mol. The molecule has 0 aliphatic heterocycles. The molecule has 0 aliphatic carbocycles. The van der Waals surface area contributed by atoms with E-state index in [4.69, 9.17) is 17.0 Å². The van der Waals surface area contributed by atoms with Gasteiger partial charge in [-0.3, -0.25) is 19.9 Å². The monoisotopic (exact) mass is 452 g/mol. The van der Waals surface area contributed by atoms with Gasteiger partial charge in [0.25, 0.3) is 0 Å². The maximum absolute atomic E-state index is 12.4. The molecule has 2 aromatic carbocycles. The molecule has 7 nitrogen and oxygen atoms in total. The van der Waals surface area contributed by atoms with Gasteiger partial charge in [0, 0.05) is 12.2 Å². The smallest absolute Gasteiger partial charge is 0.230 e. The van der Waals surface area contributed by atoms with E-state index in [1.165, 1.54) is 17.3 Å². The number of hydrogen-bond donors (Lipinski definition) is 3. The van der Waals surface area contributed by atoms with E-state index in [9.17, 15) is 4.79 Å². The molecular weight excluding hydrogens is 432 g/mol. The normalized spacial score (nSPS) is 11.0. The van der Waals surface area contributed by atoms with E-state index < -0.39 is 0 Å². The summed E-state index contributed by atoms with van der Waals surface area (Å²) in [5, 5.41) is 20.4. The summed E-state index contributed by atoms with van der Waals surface area (Å²) in [6.45, 7) is 2.40. The van der Waals surface area contributed by atoms with Crippen LogP contribution in [0.5, 0.6) is 0 Å². The maximum atomic E-state index is 12.4. The van der Waals surface area contributed by atoms with Crippen LogP contribution in [0.2, 0.25) is 5.02 Å². The van der Waals surface area contributed by atoms with Crippen LogP contribution in [0.25, 0.3) is 16.7 Å². The molecule has 2 aromatic heterocycles. The van der Waals surface area contributed by atoms with E-state index in [0.29, 0.717) is 33.4 Å². The lowest BCUT2D eigenvalue weighted by molar-refractivity contribution is -0.118. The lowest BCUT2D eigenvalue weighted by atomic mass is 10.1. The van der Waals surface area contributed by atoms with Gasteiger partial charge < -0.3 is 5.32 Å². The van der Waals surface area contributed by atoms with Crippen molar-refractivity contribution in [1.82, 2.24) is 25.1 Å². The first-order valence-electron chi connectivity index (χ1n) is 9.75. The van der Waals surface area contributed by atoms with E-state index in [0.717, 1.165) is 12.1 Å². The Bertz CT molecular complexity index is 1280. The summed E-state index contributed by atoms with van der Waals surface area (Å²) in [5.74, 6) is 0.0684. The van der Waals surface area contributed by atoms with Crippen LogP contribution in [0.1, 0.15) is 11.3 Å². The van der Waals surface area contributed by atoms with Gasteiger partial charge in [0.05, 0.1) is 21.8 Å². The van der Waals surface area contributed by atoms with Gasteiger partial charge in [-0.2, -0.15) is 5.10 Å². The molecule has 4 rings (SSSR count). The van der Waals surface area contributed by atoms with Gasteiger partial charge >= 0.3 is 0 Å². The second kappa shape index (κ2) is 9.36. The van der Waals surface area contributed by atoms with Crippen molar-refractivity contribution in [2.45, 2.75) is 18.5 Å². The van der Waals surface area contributed by atoms with Gasteiger partial charge in [0.2, 0.25) is 5.91 Å². The van der Waals surface area contributed by atoms with Crippen LogP contribution in [-0.4, -0.2) is 38.0 Å². The standard InChI is InChI=1S/C22H21ClN6OS/c1-14-19-20(24)29(17-10-6-5-9-16(17)23)22(26-21(19)28-27-14)31-13-18(30)25-12-11-15-7-3-2-4-8-15/h2-10,24H,11-13H2,1H3,(H,25,30)(H,27,28). The fourth-order valence-corrected chi connectivity index (χ4v) is 4.31. The predicted octanol–water partition coefficient (Wildman–Crippen LogP) is 3.64. The van der Waals surface area contributed by atoms with E-state index in [2.05, 4.69) is 20.5 Å². The van der Waals surface area contributed by atoms with Crippen molar-refractivity contribution in [3.8, 4) is 5.69 Å². The minimum absolute atomic E-state index is 0.0988. The third-order valence-corrected chi connectivity index (χ3v) is 6.04. The zero-order valence-electron chi connectivity index (χ0n) is 16.9. The van der Waals surface area contributed by atoms with E-state index in [1.54, 1.807) is 10.6 Å². The van der Waals surface area contributed by atoms with Gasteiger partial charge in [-0.1, -0.05) is 65.8 Å². The van der Waals surface area contributed by atoms with Gasteiger partial charge in [-0.15, -0.1) is 0 Å². The summed E-state index contributed by atoms with van der Waals surface area (Å²) >= 11 is 7.66. The number of aromatic amines is 1. The molecule has 0 saturated carbocycles. The molecule has 0 spiro atoms. The van der Waals surface area contributed by atoms with Crippen LogP contribution < -0.4 is 10.8 Å². The number of thioether (sulfide) groups is 1. The van der Waals surface area contributed by atoms with Crippen molar-refractivity contribution in [1.29, 1.82) is 5.41 Å². The zero-order chi connectivity index (χ0) is 21.8. The number of benzene rings is 2. The van der Waals surface area contributed by atoms with Crippen molar-refractivity contribution in [2.75, 3.05) is 12.3 Å². The average Bonchev–Trinajstić information content (AvgIpc) is 3.15. The largest absolute Gasteiger partial charge is 0.355 e. The predicted molar refractivity (Wildman–Crippen MR) is 123 cm³/mol. The Labute approximate surface area is 188 Å². The molecule has 3 N–H and O–H groups in total. The highest BCUT2D eigenvalue weighted by atomic mass is 35.5. The molecule has 0 radical (unpaired) electrons. The molecule has 0 atom stereocenters. The summed E-state index contributed by atoms with van der Waals surface area (Å²) < 4.78 is 1.66. The molecule has 0 aliphatic rings. The number of halogens is 1. The number of fused-ring (bicyclic) bond motifs is 1. The minimum Gasteiger partial charge on any atom is -0.355 e. The second-order valence-electron chi connectivity index (χ2n) is 6.95. The van der Waals surface area contributed by atoms with Crippen LogP contribution in [-0.2, 0) is 11.2 Å². The lowest BCUT2D eigenvalue weighted by Crippen LogP contribution is -2.28. The van der Waals surface area contributed by atoms with E-state index >= 15 is 0 Å². The molecule has 1 amide bonds. The lowest BCUT2D eigenvalue weighted by Gasteiger charge is -2.14. The Morgan fingerprint density at radius 1 is 1.19 bits per heavy atom. The molecule has 9 heteroatoms. The first-order valence-corrected chi connectivity index (χ1v) is 11.1. The zero-order valence-corrected chi connectivity index (χ0v) is 18.4. The molecule has 4 aromatic rings. The number of nitrogens with zero attached hydrogens (tertiary/aromatic N) is 3. The molecule has 158 valence electrons.